The molecular formula is C13H19N3O2. The molecule has 98 valence electrons. The zero-order valence-corrected chi connectivity index (χ0v) is 11.4. The van der Waals surface area contributed by atoms with Gasteiger partial charge in [0, 0.05) is 26.8 Å². The van der Waals surface area contributed by atoms with Crippen molar-refractivity contribution in [3.8, 4) is 0 Å². The molecule has 1 rings (SSSR count). The number of rotatable bonds is 1. The molecule has 18 heavy (non-hydrogen) atoms. The van der Waals surface area contributed by atoms with Crippen molar-refractivity contribution in [2.24, 2.45) is 0 Å². The molecular weight excluding hydrogens is 230 g/mol. The second-order valence-electron chi connectivity index (χ2n) is 4.41. The van der Waals surface area contributed by atoms with Gasteiger partial charge in [-0.3, -0.25) is 0 Å². The van der Waals surface area contributed by atoms with Gasteiger partial charge >= 0.3 is 12.1 Å². The Morgan fingerprint density at radius 3 is 2.28 bits per heavy atom. The standard InChI is InChI=1S/C13H19N3O2/c1-9-7-6-8-11(10(9)2)14-12(17)16(5)13(18)15(3)4/h6-8H,1-5H3,(H,14,17). The maximum Gasteiger partial charge on any atom is 0.329 e. The number of carbonyl (C=O) groups excluding carboxylic acids is 2. The second-order valence-corrected chi connectivity index (χ2v) is 4.41. The van der Waals surface area contributed by atoms with Crippen molar-refractivity contribution in [1.82, 2.24) is 9.80 Å². The Hall–Kier alpha value is -2.04. The smallest absolute Gasteiger partial charge is 0.329 e. The van der Waals surface area contributed by atoms with Crippen LogP contribution in [0.5, 0.6) is 0 Å². The van der Waals surface area contributed by atoms with Gasteiger partial charge in [0.1, 0.15) is 0 Å². The van der Waals surface area contributed by atoms with E-state index >= 15 is 0 Å². The number of amides is 4. The van der Waals surface area contributed by atoms with Crippen LogP contribution in [0.4, 0.5) is 15.3 Å². The number of aryl methyl sites for hydroxylation is 1. The molecule has 0 aromatic heterocycles. The van der Waals surface area contributed by atoms with Crippen LogP contribution in [0.2, 0.25) is 0 Å². The van der Waals surface area contributed by atoms with Crippen molar-refractivity contribution in [3.05, 3.63) is 29.3 Å². The first-order chi connectivity index (χ1) is 8.34. The molecule has 4 amide bonds. The minimum absolute atomic E-state index is 0.363. The van der Waals surface area contributed by atoms with E-state index in [0.29, 0.717) is 0 Å². The van der Waals surface area contributed by atoms with E-state index in [1.54, 1.807) is 14.1 Å². The lowest BCUT2D eigenvalue weighted by Gasteiger charge is -2.21. The number of benzene rings is 1. The Morgan fingerprint density at radius 1 is 1.11 bits per heavy atom. The summed E-state index contributed by atoms with van der Waals surface area (Å²) in [6.07, 6.45) is 0. The molecule has 0 radical (unpaired) electrons. The van der Waals surface area contributed by atoms with E-state index in [4.69, 9.17) is 0 Å². The normalized spacial score (nSPS) is 9.83. The number of nitrogens with zero attached hydrogens (tertiary/aromatic N) is 2. The molecule has 0 aliphatic rings. The molecule has 0 aliphatic heterocycles. The first-order valence-electron chi connectivity index (χ1n) is 5.66. The summed E-state index contributed by atoms with van der Waals surface area (Å²) < 4.78 is 0. The van der Waals surface area contributed by atoms with Crippen molar-refractivity contribution >= 4 is 17.7 Å². The van der Waals surface area contributed by atoms with Crippen LogP contribution >= 0.6 is 0 Å². The molecule has 0 heterocycles. The molecule has 0 aliphatic carbocycles. The first kappa shape index (κ1) is 14.0. The molecule has 5 nitrogen and oxygen atoms in total. The van der Waals surface area contributed by atoms with Crippen molar-refractivity contribution in [2.45, 2.75) is 13.8 Å². The predicted molar refractivity (Wildman–Crippen MR) is 71.8 cm³/mol. The third kappa shape index (κ3) is 3.00. The molecule has 0 fully saturated rings. The summed E-state index contributed by atoms with van der Waals surface area (Å²) in [5.74, 6) is 0. The summed E-state index contributed by atoms with van der Waals surface area (Å²) in [7, 11) is 4.65. The molecule has 0 bridgehead atoms. The van der Waals surface area contributed by atoms with E-state index in [0.717, 1.165) is 21.7 Å². The molecule has 0 spiro atoms. The van der Waals surface area contributed by atoms with Crippen LogP contribution in [-0.4, -0.2) is 43.0 Å². The van der Waals surface area contributed by atoms with Crippen LogP contribution in [0.15, 0.2) is 18.2 Å². The molecule has 0 atom stereocenters. The summed E-state index contributed by atoms with van der Waals surface area (Å²) in [5, 5.41) is 2.73. The third-order valence-electron chi connectivity index (χ3n) is 2.82. The van der Waals surface area contributed by atoms with E-state index in [-0.39, 0.29) is 6.03 Å². The fourth-order valence-corrected chi connectivity index (χ4v) is 1.47. The van der Waals surface area contributed by atoms with Crippen molar-refractivity contribution in [3.63, 3.8) is 0 Å². The Balaban J connectivity index is 2.82. The zero-order chi connectivity index (χ0) is 13.9. The Morgan fingerprint density at radius 2 is 1.72 bits per heavy atom. The van der Waals surface area contributed by atoms with Gasteiger partial charge in [-0.05, 0) is 31.0 Å². The van der Waals surface area contributed by atoms with Crippen molar-refractivity contribution < 1.29 is 9.59 Å². The van der Waals surface area contributed by atoms with Gasteiger partial charge in [-0.15, -0.1) is 0 Å². The minimum Gasteiger partial charge on any atom is -0.330 e. The van der Waals surface area contributed by atoms with Crippen LogP contribution in [0.25, 0.3) is 0 Å². The van der Waals surface area contributed by atoms with E-state index in [9.17, 15) is 9.59 Å². The number of nitrogens with one attached hydrogen (secondary N) is 1. The van der Waals surface area contributed by atoms with Crippen LogP contribution < -0.4 is 5.32 Å². The monoisotopic (exact) mass is 249 g/mol. The van der Waals surface area contributed by atoms with Gasteiger partial charge in [-0.25, -0.2) is 14.5 Å². The van der Waals surface area contributed by atoms with Gasteiger partial charge in [0.25, 0.3) is 0 Å². The predicted octanol–water partition coefficient (Wildman–Crippen LogP) is 2.45. The summed E-state index contributed by atoms with van der Waals surface area (Å²) in [4.78, 5) is 25.9. The SMILES string of the molecule is Cc1cccc(NC(=O)N(C)C(=O)N(C)C)c1C. The average molecular weight is 249 g/mol. The fraction of sp³-hybridized carbons (Fsp3) is 0.385. The lowest BCUT2D eigenvalue weighted by molar-refractivity contribution is 0.182. The summed E-state index contributed by atoms with van der Waals surface area (Å²) in [6, 6.07) is 4.85. The molecule has 1 aromatic carbocycles. The highest BCUT2D eigenvalue weighted by Gasteiger charge is 2.18. The fourth-order valence-electron chi connectivity index (χ4n) is 1.47. The van der Waals surface area contributed by atoms with Crippen LogP contribution in [0.1, 0.15) is 11.1 Å². The Bertz CT molecular complexity index is 469. The molecule has 0 unspecified atom stereocenters. The quantitative estimate of drug-likeness (QED) is 0.831. The molecule has 1 N–H and O–H groups in total. The topological polar surface area (TPSA) is 52.7 Å². The maximum atomic E-state index is 11.9. The van der Waals surface area contributed by atoms with Gasteiger partial charge < -0.3 is 10.2 Å². The van der Waals surface area contributed by atoms with Gasteiger partial charge in [0.15, 0.2) is 0 Å². The van der Waals surface area contributed by atoms with Gasteiger partial charge in [-0.2, -0.15) is 0 Å². The third-order valence-corrected chi connectivity index (χ3v) is 2.82. The highest BCUT2D eigenvalue weighted by atomic mass is 16.2. The van der Waals surface area contributed by atoms with Crippen LogP contribution in [0, 0.1) is 13.8 Å². The summed E-state index contributed by atoms with van der Waals surface area (Å²) in [5.41, 5.74) is 2.81. The van der Waals surface area contributed by atoms with Gasteiger partial charge in [-0.1, -0.05) is 12.1 Å². The number of hydrogen-bond donors (Lipinski definition) is 1. The average Bonchev–Trinajstić information content (AvgIpc) is 2.32. The zero-order valence-electron chi connectivity index (χ0n) is 11.4. The summed E-state index contributed by atoms with van der Waals surface area (Å²) >= 11 is 0. The number of urea groups is 2. The van der Waals surface area contributed by atoms with Gasteiger partial charge in [0.2, 0.25) is 0 Å². The molecule has 0 saturated carbocycles. The number of carbonyl (C=O) groups is 2. The van der Waals surface area contributed by atoms with Gasteiger partial charge in [0.05, 0.1) is 0 Å². The van der Waals surface area contributed by atoms with Crippen LogP contribution in [0.3, 0.4) is 0 Å². The van der Waals surface area contributed by atoms with Crippen LogP contribution in [-0.2, 0) is 0 Å². The number of anilines is 1. The first-order valence-corrected chi connectivity index (χ1v) is 5.66. The largest absolute Gasteiger partial charge is 0.330 e. The number of imide groups is 1. The van der Waals surface area contributed by atoms with E-state index < -0.39 is 6.03 Å². The lowest BCUT2D eigenvalue weighted by Crippen LogP contribution is -2.42. The van der Waals surface area contributed by atoms with E-state index in [1.807, 2.05) is 32.0 Å². The second kappa shape index (κ2) is 5.53. The molecule has 1 aromatic rings. The number of hydrogen-bond acceptors (Lipinski definition) is 2. The Labute approximate surface area is 107 Å². The lowest BCUT2D eigenvalue weighted by atomic mass is 10.1. The Kier molecular flexibility index (Phi) is 4.31. The molecule has 5 heteroatoms. The molecule has 0 saturated heterocycles. The van der Waals surface area contributed by atoms with E-state index in [1.165, 1.54) is 11.9 Å². The highest BCUT2D eigenvalue weighted by molar-refractivity contribution is 6.00. The maximum absolute atomic E-state index is 11.9. The minimum atomic E-state index is -0.442. The van der Waals surface area contributed by atoms with Crippen molar-refractivity contribution in [2.75, 3.05) is 26.5 Å². The van der Waals surface area contributed by atoms with E-state index in [2.05, 4.69) is 5.32 Å². The van der Waals surface area contributed by atoms with Crippen molar-refractivity contribution in [1.29, 1.82) is 0 Å². The summed E-state index contributed by atoms with van der Waals surface area (Å²) in [6.45, 7) is 3.90. The highest BCUT2D eigenvalue weighted by Crippen LogP contribution is 2.18.